The van der Waals surface area contributed by atoms with Crippen LogP contribution in [0.1, 0.15) is 58.9 Å². The molecule has 1 saturated carbocycles. The van der Waals surface area contributed by atoms with Crippen LogP contribution in [0.2, 0.25) is 5.02 Å². The number of nitrogens with one attached hydrogen (secondary N) is 1. The molecule has 1 unspecified atom stereocenters. The van der Waals surface area contributed by atoms with Crippen molar-refractivity contribution < 1.29 is 14.3 Å². The van der Waals surface area contributed by atoms with E-state index in [1.807, 2.05) is 30.0 Å². The molecule has 1 aliphatic heterocycles. The Balaban J connectivity index is 1.68. The average Bonchev–Trinajstić information content (AvgIpc) is 3.30. The minimum atomic E-state index is -0.752. The number of rotatable bonds is 4. The Kier molecular flexibility index (Phi) is 5.01. The molecule has 2 aromatic heterocycles. The van der Waals surface area contributed by atoms with E-state index < -0.39 is 11.5 Å². The van der Waals surface area contributed by atoms with Crippen LogP contribution < -0.4 is 0 Å². The summed E-state index contributed by atoms with van der Waals surface area (Å²) in [5.74, 6) is -0.358. The number of fused-ring (bicyclic) bond motifs is 3. The molecule has 1 aromatic carbocycles. The van der Waals surface area contributed by atoms with Gasteiger partial charge in [-0.3, -0.25) is 9.59 Å². The van der Waals surface area contributed by atoms with Crippen molar-refractivity contribution in [3.05, 3.63) is 45.1 Å². The van der Waals surface area contributed by atoms with Crippen LogP contribution >= 0.6 is 23.1 Å². The van der Waals surface area contributed by atoms with E-state index in [9.17, 15) is 9.59 Å². The smallest absolute Gasteiger partial charge is 0.314 e. The molecule has 1 N–H and O–H groups in total. The van der Waals surface area contributed by atoms with Crippen LogP contribution in [-0.2, 0) is 16.0 Å². The molecule has 1 aliphatic carbocycles. The lowest BCUT2D eigenvalue weighted by molar-refractivity contribution is -0.168. The zero-order valence-electron chi connectivity index (χ0n) is 17.4. The Morgan fingerprint density at radius 2 is 2.19 bits per heavy atom. The van der Waals surface area contributed by atoms with Crippen LogP contribution in [0.4, 0.5) is 0 Å². The van der Waals surface area contributed by atoms with Crippen LogP contribution in [0.25, 0.3) is 10.9 Å². The molecular weight excluding hydrogens is 436 g/mol. The number of nitrogens with zero attached hydrogens (tertiary/aromatic N) is 3. The van der Waals surface area contributed by atoms with Crippen molar-refractivity contribution in [2.45, 2.75) is 45.6 Å². The second-order valence-electron chi connectivity index (χ2n) is 8.28. The molecule has 0 saturated heterocycles. The highest BCUT2D eigenvalue weighted by Gasteiger charge is 2.57. The number of benzene rings is 1. The molecule has 0 radical (unpaired) electrons. The van der Waals surface area contributed by atoms with E-state index in [4.69, 9.17) is 16.3 Å². The largest absolute Gasteiger partial charge is 0.465 e. The van der Waals surface area contributed by atoms with Gasteiger partial charge in [-0.2, -0.15) is 0 Å². The second-order valence-corrected chi connectivity index (χ2v) is 9.47. The Bertz CT molecular complexity index is 1180. The summed E-state index contributed by atoms with van der Waals surface area (Å²) in [6.45, 7) is 4.43. The highest BCUT2D eigenvalue weighted by atomic mass is 35.5. The summed E-state index contributed by atoms with van der Waals surface area (Å²) >= 11 is 7.37. The highest BCUT2D eigenvalue weighted by Crippen LogP contribution is 2.56. The first-order valence-corrected chi connectivity index (χ1v) is 11.7. The first kappa shape index (κ1) is 20.5. The van der Waals surface area contributed by atoms with E-state index in [-0.39, 0.29) is 11.9 Å². The number of carbonyl (C=O) groups excluding carboxylic acids is 2. The molecule has 3 heterocycles. The summed E-state index contributed by atoms with van der Waals surface area (Å²) in [4.78, 5) is 32.7. The Morgan fingerprint density at radius 3 is 2.84 bits per heavy atom. The van der Waals surface area contributed by atoms with Crippen molar-refractivity contribution in [3.8, 4) is 0 Å². The Hall–Kier alpha value is -2.45. The Labute approximate surface area is 188 Å². The van der Waals surface area contributed by atoms with Crippen LogP contribution in [0, 0.1) is 12.3 Å². The molecule has 1 fully saturated rings. The Morgan fingerprint density at radius 1 is 1.39 bits per heavy atom. The van der Waals surface area contributed by atoms with E-state index in [1.54, 1.807) is 6.92 Å². The van der Waals surface area contributed by atoms with Gasteiger partial charge in [0.15, 0.2) is 0 Å². The second kappa shape index (κ2) is 7.60. The van der Waals surface area contributed by atoms with E-state index in [1.165, 1.54) is 0 Å². The molecule has 162 valence electrons. The van der Waals surface area contributed by atoms with Crippen molar-refractivity contribution >= 4 is 45.9 Å². The molecule has 2 aliphatic rings. The molecule has 7 nitrogen and oxygen atoms in total. The molecule has 9 heteroatoms. The van der Waals surface area contributed by atoms with Crippen LogP contribution in [0.3, 0.4) is 0 Å². The van der Waals surface area contributed by atoms with Gasteiger partial charge in [-0.15, -0.1) is 5.10 Å². The van der Waals surface area contributed by atoms with Gasteiger partial charge < -0.3 is 14.6 Å². The lowest BCUT2D eigenvalue weighted by atomic mass is 9.61. The predicted octanol–water partition coefficient (Wildman–Crippen LogP) is 4.45. The van der Waals surface area contributed by atoms with Gasteiger partial charge in [0, 0.05) is 28.2 Å². The molecule has 0 bridgehead atoms. The summed E-state index contributed by atoms with van der Waals surface area (Å²) in [7, 11) is 0. The predicted molar refractivity (Wildman–Crippen MR) is 118 cm³/mol. The third-order valence-electron chi connectivity index (χ3n) is 6.65. The fourth-order valence-electron chi connectivity index (χ4n) is 5.03. The number of hydrogen-bond donors (Lipinski definition) is 1. The van der Waals surface area contributed by atoms with Crippen molar-refractivity contribution in [1.82, 2.24) is 19.5 Å². The van der Waals surface area contributed by atoms with Gasteiger partial charge in [-0.05, 0) is 68.4 Å². The van der Waals surface area contributed by atoms with Gasteiger partial charge >= 0.3 is 5.97 Å². The van der Waals surface area contributed by atoms with Crippen molar-refractivity contribution in [2.24, 2.45) is 5.41 Å². The topological polar surface area (TPSA) is 88.2 Å². The summed E-state index contributed by atoms with van der Waals surface area (Å²) < 4.78 is 9.46. The summed E-state index contributed by atoms with van der Waals surface area (Å²) in [6, 6.07) is 5.33. The minimum absolute atomic E-state index is 0.129. The minimum Gasteiger partial charge on any atom is -0.465 e. The molecule has 0 spiro atoms. The summed E-state index contributed by atoms with van der Waals surface area (Å²) in [5, 5.41) is 5.73. The maximum absolute atomic E-state index is 13.6. The number of hydrogen-bond acceptors (Lipinski definition) is 6. The fraction of sp³-hybridized carbons (Fsp3) is 0.455. The molecule has 31 heavy (non-hydrogen) atoms. The van der Waals surface area contributed by atoms with Gasteiger partial charge in [0.1, 0.15) is 4.88 Å². The van der Waals surface area contributed by atoms with Gasteiger partial charge in [0.05, 0.1) is 23.8 Å². The maximum Gasteiger partial charge on any atom is 0.314 e. The monoisotopic (exact) mass is 458 g/mol. The standard InChI is InChI=1S/C22H23ClN4O3S/c1-3-30-21(29)22(8-4-9-22)19-17-14(15-11-13(23)5-6-16(15)24-17)7-10-27(19)20(28)18-12(2)25-26-31-18/h5-6,11,19,24H,3-4,7-10H2,1-2H3. The SMILES string of the molecule is CCOC(=O)C1(C2c3[nH]c4ccc(Cl)cc4c3CCN2C(=O)c2snnc2C)CCC1. The summed E-state index contributed by atoms with van der Waals surface area (Å²) in [6.07, 6.45) is 2.99. The third-order valence-corrected chi connectivity index (χ3v) is 7.70. The van der Waals surface area contributed by atoms with Crippen LogP contribution in [-0.4, -0.2) is 44.5 Å². The van der Waals surface area contributed by atoms with Gasteiger partial charge in [0.2, 0.25) is 0 Å². The first-order valence-electron chi connectivity index (χ1n) is 10.5. The number of amides is 1. The van der Waals surface area contributed by atoms with Crippen LogP contribution in [0.15, 0.2) is 18.2 Å². The van der Waals surface area contributed by atoms with Crippen LogP contribution in [0.5, 0.6) is 0 Å². The van der Waals surface area contributed by atoms with E-state index in [2.05, 4.69) is 14.6 Å². The van der Waals surface area contributed by atoms with Gasteiger partial charge in [-0.25, -0.2) is 0 Å². The highest BCUT2D eigenvalue weighted by molar-refractivity contribution is 7.07. The molecule has 1 atom stereocenters. The third kappa shape index (κ3) is 3.07. The quantitative estimate of drug-likeness (QED) is 0.583. The van der Waals surface area contributed by atoms with Crippen molar-refractivity contribution in [3.63, 3.8) is 0 Å². The first-order chi connectivity index (χ1) is 15.0. The van der Waals surface area contributed by atoms with E-state index in [0.29, 0.717) is 48.0 Å². The molecule has 1 amide bonds. The lowest BCUT2D eigenvalue weighted by Gasteiger charge is -2.50. The molecule has 5 rings (SSSR count). The normalized spacial score (nSPS) is 19.7. The number of aromatic nitrogens is 3. The number of halogens is 1. The number of aromatic amines is 1. The zero-order valence-corrected chi connectivity index (χ0v) is 19.0. The van der Waals surface area contributed by atoms with Crippen molar-refractivity contribution in [2.75, 3.05) is 13.2 Å². The lowest BCUT2D eigenvalue weighted by Crippen LogP contribution is -2.54. The fourth-order valence-corrected chi connectivity index (χ4v) is 5.82. The molecular formula is C22H23ClN4O3S. The van der Waals surface area contributed by atoms with Crippen molar-refractivity contribution in [1.29, 1.82) is 0 Å². The molecule has 3 aromatic rings. The number of esters is 1. The number of H-pyrrole nitrogens is 1. The average molecular weight is 459 g/mol. The van der Waals surface area contributed by atoms with Gasteiger partial charge in [-0.1, -0.05) is 22.5 Å². The maximum atomic E-state index is 13.6. The number of carbonyl (C=O) groups is 2. The number of ether oxygens (including phenoxy) is 1. The van der Waals surface area contributed by atoms with E-state index in [0.717, 1.165) is 40.1 Å². The van der Waals surface area contributed by atoms with E-state index >= 15 is 0 Å². The van der Waals surface area contributed by atoms with Gasteiger partial charge in [0.25, 0.3) is 5.91 Å². The summed E-state index contributed by atoms with van der Waals surface area (Å²) in [5.41, 5.74) is 2.86. The number of aryl methyl sites for hydroxylation is 1. The zero-order chi connectivity index (χ0) is 21.8.